The predicted octanol–water partition coefficient (Wildman–Crippen LogP) is 2.77. The number of nitrogens with zero attached hydrogens (tertiary/aromatic N) is 5. The summed E-state index contributed by atoms with van der Waals surface area (Å²) in [6.45, 7) is 7.03. The lowest BCUT2D eigenvalue weighted by atomic mass is 9.98. The maximum Gasteiger partial charge on any atom is 0.305 e. The molecule has 700 valence electrons. The zero-order valence-corrected chi connectivity index (χ0v) is 76.4. The van der Waals surface area contributed by atoms with E-state index in [0.717, 1.165) is 21.6 Å². The molecule has 12 atom stereocenters. The van der Waals surface area contributed by atoms with Gasteiger partial charge in [0, 0.05) is 95.3 Å². The molecule has 0 unspecified atom stereocenters. The van der Waals surface area contributed by atoms with Crippen LogP contribution in [0.1, 0.15) is 100 Å². The Bertz CT molecular complexity index is 5170. The maximum atomic E-state index is 15.7. The summed E-state index contributed by atoms with van der Waals surface area (Å²) in [4.78, 5) is 246. The van der Waals surface area contributed by atoms with E-state index in [1.165, 1.54) is 103 Å². The molecule has 3 heterocycles. The second-order valence-corrected chi connectivity index (χ2v) is 35.7. The minimum atomic E-state index is -1.90. The third-order valence-corrected chi connectivity index (χ3v) is 24.8. The number of carbonyl (C=O) groups is 16. The molecule has 1 aromatic heterocycles. The number of H-pyrrole nitrogens is 1. The molecule has 0 aliphatic carbocycles. The number of fused-ring (bicyclic) bond motifs is 2. The number of hydrogen-bond acceptors (Lipinski definition) is 20. The number of carbonyl (C=O) groups excluding carboxylic acids is 15. The van der Waals surface area contributed by atoms with Crippen molar-refractivity contribution in [2.24, 2.45) is 17.6 Å². The summed E-state index contributed by atoms with van der Waals surface area (Å²) < 4.78 is 0. The number of aromatic nitrogens is 1. The van der Waals surface area contributed by atoms with Crippen molar-refractivity contribution in [3.8, 4) is 11.5 Å². The van der Waals surface area contributed by atoms with Crippen molar-refractivity contribution in [2.45, 2.75) is 178 Å². The predicted molar refractivity (Wildman–Crippen MR) is 492 cm³/mol. The summed E-state index contributed by atoms with van der Waals surface area (Å²) in [7, 11) is 5.34. The van der Waals surface area contributed by atoms with Gasteiger partial charge < -0.3 is 98.4 Å². The number of aliphatic carboxylic acids is 1. The number of nitrogens with two attached hydrogens (primary N) is 1. The number of likely N-dealkylation sites (N-methyl/N-ethyl adjacent to an activating group) is 4. The third kappa shape index (κ3) is 29.6. The van der Waals surface area contributed by atoms with Crippen molar-refractivity contribution < 1.29 is 92.0 Å². The number of primary amides is 1. The lowest BCUT2D eigenvalue weighted by Gasteiger charge is -2.37. The van der Waals surface area contributed by atoms with Crippen LogP contribution in [0, 0.1) is 11.8 Å². The maximum absolute atomic E-state index is 15.7. The van der Waals surface area contributed by atoms with Crippen LogP contribution in [0.15, 0.2) is 170 Å². The summed E-state index contributed by atoms with van der Waals surface area (Å²) in [6, 6.07) is 26.0. The van der Waals surface area contributed by atoms with Crippen molar-refractivity contribution in [2.75, 3.05) is 64.4 Å². The minimum Gasteiger partial charge on any atom is -0.508 e. The largest absolute Gasteiger partial charge is 0.508 e. The molecular formula is C94H118N16O19S2. The highest BCUT2D eigenvalue weighted by atomic mass is 32.2. The number of para-hydroxylation sites is 1. The van der Waals surface area contributed by atoms with Crippen LogP contribution in [0.3, 0.4) is 0 Å². The third-order valence-electron chi connectivity index (χ3n) is 22.8. The number of phenolic OH excluding ortho intramolecular Hbond substituents is 2. The number of benzene rings is 6. The molecule has 15 amide bonds. The Morgan fingerprint density at radius 2 is 0.954 bits per heavy atom. The standard InChI is InChI=1S/C94H118N16O19S2/c1-10-11-31-74-93(128)110-54-131-52-77(110)89(124)102-70(47-81(116)117)87(122)105-82(56(4)5)94(129)108(8)75(44-58-25-17-13-18-26-58)88(123)103-71(43-61-34-38-64(112)39-35-61)90(125)106(6)50-79(114)98-69(46-62-48-96-66-30-22-21-29-65(62)66)86(121)101-68(41-60-32-36-63(111)37-33-60)85(120)100-67(40-55(2)3)84(119)104-73(83(118)97-49-78(95)113)51-130-53-80(115)99-72(42-57-23-15-12-16-24-57)91(126)109(9)76(92(127)107(74)7)45-59-27-19-14-20-28-59/h12-30,32-39,48,55-56,67-77,82,96,111-112H,10-11,31,40-47,49-54H2,1-9H3,(H2,95,113)(H,97,118)(H,98,114)(H,99,115)(H,100,120)(H,101,121)(H,102,124)(H,103,123)(H,104,119)(H,105,122)(H,116,117)/t67-,68-,69-,70-,71-,72-,73-,74-,75-,76-,77+,82-/m0/s1. The van der Waals surface area contributed by atoms with Gasteiger partial charge in [-0.25, -0.2) is 0 Å². The molecule has 0 saturated carbocycles. The number of rotatable bonds is 23. The summed E-state index contributed by atoms with van der Waals surface area (Å²) >= 11 is 2.00. The molecule has 6 aromatic carbocycles. The Morgan fingerprint density at radius 3 is 1.52 bits per heavy atom. The van der Waals surface area contributed by atoms with Crippen molar-refractivity contribution in [3.05, 3.63) is 203 Å². The minimum absolute atomic E-state index is 0.0473. The van der Waals surface area contributed by atoms with Gasteiger partial charge in [-0.1, -0.05) is 181 Å². The van der Waals surface area contributed by atoms with E-state index in [1.54, 1.807) is 149 Å². The van der Waals surface area contributed by atoms with Gasteiger partial charge in [0.1, 0.15) is 84.0 Å². The van der Waals surface area contributed by atoms with E-state index in [0.29, 0.717) is 57.1 Å². The van der Waals surface area contributed by atoms with Crippen molar-refractivity contribution in [1.82, 2.24) is 77.3 Å². The van der Waals surface area contributed by atoms with E-state index in [4.69, 9.17) is 5.73 Å². The van der Waals surface area contributed by atoms with Gasteiger partial charge in [0.15, 0.2) is 0 Å². The van der Waals surface area contributed by atoms with Crippen molar-refractivity contribution in [1.29, 1.82) is 0 Å². The fourth-order valence-electron chi connectivity index (χ4n) is 15.5. The molecule has 35 nitrogen and oxygen atoms in total. The van der Waals surface area contributed by atoms with Crippen LogP contribution >= 0.6 is 23.5 Å². The molecule has 0 radical (unpaired) electrons. The first-order valence-electron chi connectivity index (χ1n) is 43.4. The number of aromatic hydroxyl groups is 2. The van der Waals surface area contributed by atoms with Crippen LogP contribution in [-0.2, 0) is 115 Å². The van der Waals surface area contributed by atoms with E-state index in [2.05, 4.69) is 52.8 Å². The average molecular weight is 1840 g/mol. The molecule has 0 bridgehead atoms. The van der Waals surface area contributed by atoms with Gasteiger partial charge >= 0.3 is 5.97 Å². The van der Waals surface area contributed by atoms with E-state index in [9.17, 15) is 53.7 Å². The molecule has 131 heavy (non-hydrogen) atoms. The molecule has 2 fully saturated rings. The first-order valence-corrected chi connectivity index (χ1v) is 45.7. The number of phenols is 2. The highest BCUT2D eigenvalue weighted by Gasteiger charge is 2.45. The number of aromatic amines is 1. The molecular weight excluding hydrogens is 1720 g/mol. The average Bonchev–Trinajstić information content (AvgIpc) is 1.77. The van der Waals surface area contributed by atoms with E-state index < -0.39 is 198 Å². The number of carboxylic acid groups (broad SMARTS) is 1. The zero-order chi connectivity index (χ0) is 95.3. The second kappa shape index (κ2) is 48.9. The Morgan fingerprint density at radius 1 is 0.473 bits per heavy atom. The Balaban J connectivity index is 1.12. The highest BCUT2D eigenvalue weighted by Crippen LogP contribution is 2.28. The quantitative estimate of drug-likeness (QED) is 0.0438. The van der Waals surface area contributed by atoms with Gasteiger partial charge in [-0.3, -0.25) is 76.7 Å². The van der Waals surface area contributed by atoms with Crippen LogP contribution in [0.5, 0.6) is 11.5 Å². The number of thioether (sulfide) groups is 2. The monoisotopic (exact) mass is 1840 g/mol. The molecule has 2 aliphatic rings. The van der Waals surface area contributed by atoms with Crippen LogP contribution in [0.2, 0.25) is 0 Å². The van der Waals surface area contributed by atoms with Gasteiger partial charge in [-0.05, 0) is 88.4 Å². The molecule has 15 N–H and O–H groups in total. The molecule has 9 rings (SSSR count). The van der Waals surface area contributed by atoms with Crippen molar-refractivity contribution in [3.63, 3.8) is 0 Å². The number of unbranched alkanes of at least 4 members (excludes halogenated alkanes) is 1. The van der Waals surface area contributed by atoms with Crippen LogP contribution < -0.4 is 53.6 Å². The van der Waals surface area contributed by atoms with Gasteiger partial charge in [0.25, 0.3) is 0 Å². The summed E-state index contributed by atoms with van der Waals surface area (Å²) in [5.41, 5.74) is 9.15. The van der Waals surface area contributed by atoms with Crippen LogP contribution in [0.25, 0.3) is 10.9 Å². The Hall–Kier alpha value is -13.3. The summed E-state index contributed by atoms with van der Waals surface area (Å²) in [5.74, 6) is -17.4. The molecule has 0 spiro atoms. The van der Waals surface area contributed by atoms with Crippen LogP contribution in [-0.4, -0.2) is 276 Å². The van der Waals surface area contributed by atoms with E-state index in [1.807, 2.05) is 6.92 Å². The van der Waals surface area contributed by atoms with Crippen molar-refractivity contribution >= 4 is 129 Å². The first kappa shape index (κ1) is 101. The van der Waals surface area contributed by atoms with E-state index >= 15 is 38.4 Å². The Labute approximate surface area is 768 Å². The molecule has 2 aliphatic heterocycles. The molecule has 7 aromatic rings. The van der Waals surface area contributed by atoms with Gasteiger partial charge in [-0.2, -0.15) is 0 Å². The number of nitrogens with one attached hydrogen (secondary N) is 10. The SMILES string of the molecule is CCCC[C@H]1C(=O)N2CSC[C@@H]2C(=O)N[C@@H](CC(=O)O)C(=O)N[C@@H](C(C)C)C(=O)N(C)[C@@H](Cc2ccccc2)C(=O)N[C@@H](Cc2ccc(O)cc2)C(=O)N(C)CC(=O)N[C@@H](Cc2c[nH]c3ccccc23)C(=O)N[C@@H](Cc2ccc(O)cc2)C(=O)N[C@@H](CC(C)C)C(=O)N[C@H](C(=O)NCC(N)=O)CSCC(=O)N[C@@H](Cc2ccccc2)C(=O)N(C)[C@@H](Cc2ccccc2)C(=O)N1C. The fraction of sp³-hybridized carbons (Fsp3) is 0.426. The highest BCUT2D eigenvalue weighted by molar-refractivity contribution is 8.00. The second-order valence-electron chi connectivity index (χ2n) is 33.6. The topological polar surface area (TPSA) is 500 Å². The summed E-state index contributed by atoms with van der Waals surface area (Å²) in [6.07, 6.45) is 0.158. The first-order chi connectivity index (χ1) is 62.5. The molecule has 37 heteroatoms. The number of carboxylic acids is 1. The summed E-state index contributed by atoms with van der Waals surface area (Å²) in [5, 5.41) is 56.0. The Kier molecular flexibility index (Phi) is 37.9. The lowest BCUT2D eigenvalue weighted by Crippen LogP contribution is -2.62. The molecule has 2 saturated heterocycles. The van der Waals surface area contributed by atoms with Gasteiger partial charge in [-0.15, -0.1) is 23.5 Å². The normalized spacial score (nSPS) is 22.7. The van der Waals surface area contributed by atoms with Crippen LogP contribution in [0.4, 0.5) is 0 Å². The smallest absolute Gasteiger partial charge is 0.305 e. The van der Waals surface area contributed by atoms with Gasteiger partial charge in [0.2, 0.25) is 88.6 Å². The number of hydrogen-bond donors (Lipinski definition) is 14. The zero-order valence-electron chi connectivity index (χ0n) is 74.8. The fourth-order valence-corrected chi connectivity index (χ4v) is 17.5. The number of amides is 15. The van der Waals surface area contributed by atoms with E-state index in [-0.39, 0.29) is 86.2 Å². The lowest BCUT2D eigenvalue weighted by molar-refractivity contribution is -0.152. The van der Waals surface area contributed by atoms with Gasteiger partial charge in [0.05, 0.1) is 31.1 Å².